The summed E-state index contributed by atoms with van der Waals surface area (Å²) in [6.45, 7) is 5.80. The standard InChI is InChI=1S/C12H18N2O/c1-2-3-11-4-5-12(10-13-11)14-6-8-15-9-7-14/h4-5,10H,2-3,6-9H2,1H3. The van der Waals surface area contributed by atoms with Crippen molar-refractivity contribution in [1.29, 1.82) is 0 Å². The fourth-order valence-electron chi connectivity index (χ4n) is 1.83. The van der Waals surface area contributed by atoms with Gasteiger partial charge in [-0.25, -0.2) is 0 Å². The summed E-state index contributed by atoms with van der Waals surface area (Å²) < 4.78 is 5.32. The van der Waals surface area contributed by atoms with Crippen molar-refractivity contribution in [2.75, 3.05) is 31.2 Å². The van der Waals surface area contributed by atoms with Crippen molar-refractivity contribution in [1.82, 2.24) is 4.98 Å². The Morgan fingerprint density at radius 3 is 2.73 bits per heavy atom. The van der Waals surface area contributed by atoms with Crippen LogP contribution in [0.3, 0.4) is 0 Å². The monoisotopic (exact) mass is 206 g/mol. The first-order valence-electron chi connectivity index (χ1n) is 5.68. The lowest BCUT2D eigenvalue weighted by molar-refractivity contribution is 0.122. The number of nitrogens with zero attached hydrogens (tertiary/aromatic N) is 2. The zero-order valence-electron chi connectivity index (χ0n) is 9.28. The highest BCUT2D eigenvalue weighted by Crippen LogP contribution is 2.14. The maximum Gasteiger partial charge on any atom is 0.0642 e. The molecule has 82 valence electrons. The normalized spacial score (nSPS) is 16.7. The molecule has 0 amide bonds. The molecule has 0 aromatic carbocycles. The molecule has 0 bridgehead atoms. The van der Waals surface area contributed by atoms with Crippen LogP contribution >= 0.6 is 0 Å². The van der Waals surface area contributed by atoms with Crippen LogP contribution in [0, 0.1) is 0 Å². The van der Waals surface area contributed by atoms with Crippen LogP contribution in [0.25, 0.3) is 0 Å². The highest BCUT2D eigenvalue weighted by Gasteiger charge is 2.10. The van der Waals surface area contributed by atoms with E-state index in [-0.39, 0.29) is 0 Å². The number of aryl methyl sites for hydroxylation is 1. The highest BCUT2D eigenvalue weighted by atomic mass is 16.5. The molecule has 0 spiro atoms. The predicted octanol–water partition coefficient (Wildman–Crippen LogP) is 1.87. The molecule has 0 unspecified atom stereocenters. The Morgan fingerprint density at radius 1 is 1.33 bits per heavy atom. The molecule has 1 aliphatic rings. The van der Waals surface area contributed by atoms with Crippen molar-refractivity contribution >= 4 is 5.69 Å². The molecule has 3 heteroatoms. The Hall–Kier alpha value is -1.09. The molecule has 1 fully saturated rings. The molecule has 2 heterocycles. The van der Waals surface area contributed by atoms with Crippen molar-refractivity contribution in [2.24, 2.45) is 0 Å². The molecule has 1 aromatic rings. The van der Waals surface area contributed by atoms with Gasteiger partial charge in [-0.15, -0.1) is 0 Å². The molecule has 3 nitrogen and oxygen atoms in total. The smallest absolute Gasteiger partial charge is 0.0642 e. The highest BCUT2D eigenvalue weighted by molar-refractivity contribution is 5.44. The van der Waals surface area contributed by atoms with Crippen molar-refractivity contribution in [3.8, 4) is 0 Å². The first-order valence-corrected chi connectivity index (χ1v) is 5.68. The average molecular weight is 206 g/mol. The number of rotatable bonds is 3. The van der Waals surface area contributed by atoms with Crippen LogP contribution < -0.4 is 4.90 Å². The quantitative estimate of drug-likeness (QED) is 0.755. The van der Waals surface area contributed by atoms with Crippen LogP contribution in [0.5, 0.6) is 0 Å². The summed E-state index contributed by atoms with van der Waals surface area (Å²) in [5.41, 5.74) is 2.41. The number of morpholine rings is 1. The first-order chi connectivity index (χ1) is 7.40. The van der Waals surface area contributed by atoms with Gasteiger partial charge < -0.3 is 9.64 Å². The third-order valence-corrected chi connectivity index (χ3v) is 2.69. The number of hydrogen-bond acceptors (Lipinski definition) is 3. The van der Waals surface area contributed by atoms with Crippen molar-refractivity contribution in [3.05, 3.63) is 24.0 Å². The zero-order valence-corrected chi connectivity index (χ0v) is 9.28. The molecule has 0 aliphatic carbocycles. The molecule has 1 aromatic heterocycles. The lowest BCUT2D eigenvalue weighted by Crippen LogP contribution is -2.36. The Labute approximate surface area is 91.1 Å². The van der Waals surface area contributed by atoms with Crippen molar-refractivity contribution in [2.45, 2.75) is 19.8 Å². The Morgan fingerprint density at radius 2 is 2.13 bits per heavy atom. The summed E-state index contributed by atoms with van der Waals surface area (Å²) in [5, 5.41) is 0. The van der Waals surface area contributed by atoms with Crippen LogP contribution in [-0.2, 0) is 11.2 Å². The first kappa shape index (κ1) is 10.4. The minimum Gasteiger partial charge on any atom is -0.378 e. The van der Waals surface area contributed by atoms with Gasteiger partial charge in [-0.3, -0.25) is 4.98 Å². The van der Waals surface area contributed by atoms with Gasteiger partial charge in [0.25, 0.3) is 0 Å². The van der Waals surface area contributed by atoms with Crippen LogP contribution in [0.1, 0.15) is 19.0 Å². The Kier molecular flexibility index (Phi) is 3.56. The zero-order chi connectivity index (χ0) is 10.5. The van der Waals surface area contributed by atoms with Gasteiger partial charge in [0.15, 0.2) is 0 Å². The van der Waals surface area contributed by atoms with E-state index in [1.165, 1.54) is 11.4 Å². The topological polar surface area (TPSA) is 25.4 Å². The van der Waals surface area contributed by atoms with E-state index in [2.05, 4.69) is 28.9 Å². The van der Waals surface area contributed by atoms with Gasteiger partial charge in [0.2, 0.25) is 0 Å². The number of anilines is 1. The number of ether oxygens (including phenoxy) is 1. The van der Waals surface area contributed by atoms with Gasteiger partial charge >= 0.3 is 0 Å². The second-order valence-electron chi connectivity index (χ2n) is 3.86. The molecule has 15 heavy (non-hydrogen) atoms. The second-order valence-corrected chi connectivity index (χ2v) is 3.86. The van der Waals surface area contributed by atoms with Crippen molar-refractivity contribution in [3.63, 3.8) is 0 Å². The van der Waals surface area contributed by atoms with Gasteiger partial charge in [0, 0.05) is 18.8 Å². The molecule has 0 radical (unpaired) electrons. The van der Waals surface area contributed by atoms with E-state index in [1.54, 1.807) is 0 Å². The SMILES string of the molecule is CCCc1ccc(N2CCOCC2)cn1. The fraction of sp³-hybridized carbons (Fsp3) is 0.583. The fourth-order valence-corrected chi connectivity index (χ4v) is 1.83. The summed E-state index contributed by atoms with van der Waals surface area (Å²) in [5.74, 6) is 0. The van der Waals surface area contributed by atoms with Crippen LogP contribution in [0.4, 0.5) is 5.69 Å². The van der Waals surface area contributed by atoms with E-state index in [4.69, 9.17) is 4.74 Å². The van der Waals surface area contributed by atoms with E-state index in [0.717, 1.165) is 39.1 Å². The molecule has 1 aliphatic heterocycles. The number of aromatic nitrogens is 1. The Balaban J connectivity index is 2.02. The average Bonchev–Trinajstić information content (AvgIpc) is 2.32. The molecule has 0 saturated carbocycles. The summed E-state index contributed by atoms with van der Waals surface area (Å²) in [6.07, 6.45) is 4.21. The van der Waals surface area contributed by atoms with E-state index >= 15 is 0 Å². The van der Waals surface area contributed by atoms with Crippen molar-refractivity contribution < 1.29 is 4.74 Å². The third-order valence-electron chi connectivity index (χ3n) is 2.69. The third kappa shape index (κ3) is 2.69. The van der Waals surface area contributed by atoms with Gasteiger partial charge in [0.1, 0.15) is 0 Å². The maximum atomic E-state index is 5.32. The molecular weight excluding hydrogens is 188 g/mol. The summed E-state index contributed by atoms with van der Waals surface area (Å²) in [7, 11) is 0. The maximum absolute atomic E-state index is 5.32. The predicted molar refractivity (Wildman–Crippen MR) is 61.3 cm³/mol. The van der Waals surface area contributed by atoms with E-state index in [0.29, 0.717) is 0 Å². The number of pyridine rings is 1. The second kappa shape index (κ2) is 5.12. The van der Waals surface area contributed by atoms with E-state index in [1.807, 2.05) is 6.20 Å². The van der Waals surface area contributed by atoms with Gasteiger partial charge in [-0.05, 0) is 18.6 Å². The van der Waals surface area contributed by atoms with E-state index in [9.17, 15) is 0 Å². The van der Waals surface area contributed by atoms with E-state index < -0.39 is 0 Å². The van der Waals surface area contributed by atoms with Crippen LogP contribution in [0.15, 0.2) is 18.3 Å². The molecule has 1 saturated heterocycles. The Bertz CT molecular complexity index is 291. The summed E-state index contributed by atoms with van der Waals surface area (Å²) in [4.78, 5) is 6.79. The molecule has 0 N–H and O–H groups in total. The van der Waals surface area contributed by atoms with Gasteiger partial charge in [-0.1, -0.05) is 13.3 Å². The molecular formula is C12H18N2O. The number of hydrogen-bond donors (Lipinski definition) is 0. The van der Waals surface area contributed by atoms with Crippen LogP contribution in [0.2, 0.25) is 0 Å². The van der Waals surface area contributed by atoms with Crippen LogP contribution in [-0.4, -0.2) is 31.3 Å². The minimum atomic E-state index is 0.830. The minimum absolute atomic E-state index is 0.830. The van der Waals surface area contributed by atoms with Gasteiger partial charge in [-0.2, -0.15) is 0 Å². The molecule has 0 atom stereocenters. The lowest BCUT2D eigenvalue weighted by atomic mass is 10.2. The lowest BCUT2D eigenvalue weighted by Gasteiger charge is -2.28. The summed E-state index contributed by atoms with van der Waals surface area (Å²) in [6, 6.07) is 4.30. The largest absolute Gasteiger partial charge is 0.378 e. The van der Waals surface area contributed by atoms with Gasteiger partial charge in [0.05, 0.1) is 25.1 Å². The summed E-state index contributed by atoms with van der Waals surface area (Å²) >= 11 is 0. The molecule has 2 rings (SSSR count).